The number of carbonyl (C=O) groups is 4. The molecule has 2 fully saturated rings. The highest BCUT2D eigenvalue weighted by Gasteiger charge is 2.64. The van der Waals surface area contributed by atoms with Crippen LogP contribution in [0.4, 0.5) is 10.5 Å². The average molecular weight is 887 g/mol. The number of anilines is 1. The molecule has 4 bridgehead atoms. The van der Waals surface area contributed by atoms with E-state index in [1.807, 2.05) is 19.3 Å². The normalized spacial score (nSPS) is 29.5. The summed E-state index contributed by atoms with van der Waals surface area (Å²) >= 11 is 6.80. The van der Waals surface area contributed by atoms with Crippen LogP contribution in [-0.4, -0.2) is 142 Å². The molecule has 330 valence electrons. The zero-order chi connectivity index (χ0) is 43.9. The van der Waals surface area contributed by atoms with Crippen molar-refractivity contribution >= 4 is 62.8 Å². The van der Waals surface area contributed by atoms with Gasteiger partial charge in [0.15, 0.2) is 5.72 Å². The molecular weight excluding hydrogens is 826 g/mol. The van der Waals surface area contributed by atoms with Crippen LogP contribution in [0, 0.1) is 5.92 Å². The number of halogens is 1. The van der Waals surface area contributed by atoms with Gasteiger partial charge in [0, 0.05) is 54.2 Å². The molecule has 3 amide bonds. The lowest BCUT2D eigenvalue weighted by Crippen LogP contribution is -2.63. The van der Waals surface area contributed by atoms with Crippen LogP contribution in [0.2, 0.25) is 5.02 Å². The van der Waals surface area contributed by atoms with Gasteiger partial charge in [0.1, 0.15) is 40.7 Å². The molecule has 0 spiro atoms. The summed E-state index contributed by atoms with van der Waals surface area (Å²) in [4.78, 5) is 57.5. The Hall–Kier alpha value is -3.03. The number of benzene rings is 1. The number of nitrogens with one attached hydrogen (secondary N) is 1. The van der Waals surface area contributed by atoms with Crippen molar-refractivity contribution in [3.8, 4) is 5.75 Å². The molecule has 0 saturated carbocycles. The van der Waals surface area contributed by atoms with E-state index in [1.165, 1.54) is 31.1 Å². The van der Waals surface area contributed by atoms with Crippen LogP contribution in [0.3, 0.4) is 0 Å². The number of methoxy groups -OCH3 is 4. The topological polar surface area (TPSA) is 175 Å². The summed E-state index contributed by atoms with van der Waals surface area (Å²) in [5.41, 5.74) is -0.982. The number of esters is 1. The first kappa shape index (κ1) is 48.6. The molecular formula is C41H60ClN3O12S2. The SMILES string of the molecule is COCC(CCC(=O)N(C)[C@@H](C)C(=O)O[C@H]1CC(=O)N(C)c2cc(cc(OC)c2Cl)C/C(C)=C/C=C/[C@@H](OC)[C@@]2(O)C[C@H](OC(=O)N2)[C@@H](C)[C@@H]2O[C@@]12C)(COC)SSC. The lowest BCUT2D eigenvalue weighted by Gasteiger charge is -2.42. The van der Waals surface area contributed by atoms with Gasteiger partial charge in [-0.15, -0.1) is 0 Å². The van der Waals surface area contributed by atoms with Crippen LogP contribution in [0.1, 0.15) is 58.9 Å². The second kappa shape index (κ2) is 20.7. The van der Waals surface area contributed by atoms with E-state index in [1.54, 1.807) is 87.9 Å². The standard InChI is InChI=1S/C41H60ClN3O12S2/c1-24-13-12-14-31(54-10)41(50)21-30(55-38(49)43-41)25(2)36-39(4,57-36)32(20-34(47)45(6)28-18-27(17-24)19-29(53-9)35(28)42)56-37(48)26(3)44(5)33(46)15-16-40(22-51-7,23-52-8)59-58-11/h12-14,18-19,25-26,30-32,36,50H,15-17,20-23H2,1-11H3,(H,43,49)/b14-12+,24-13+/t25-,26+,30+,31-,32+,36+,39+,41+/m1/s1. The smallest absolute Gasteiger partial charge is 0.409 e. The van der Waals surface area contributed by atoms with Crippen LogP contribution >= 0.6 is 33.2 Å². The van der Waals surface area contributed by atoms with E-state index in [0.29, 0.717) is 37.5 Å². The molecule has 59 heavy (non-hydrogen) atoms. The third-order valence-electron chi connectivity index (χ3n) is 11.4. The van der Waals surface area contributed by atoms with Gasteiger partial charge in [-0.05, 0) is 57.6 Å². The number of alkyl carbamates (subject to hydrolysis) is 1. The maximum atomic E-state index is 14.3. The quantitative estimate of drug-likeness (QED) is 0.139. The highest BCUT2D eigenvalue weighted by Crippen LogP contribution is 2.49. The predicted molar refractivity (Wildman–Crippen MR) is 228 cm³/mol. The Balaban J connectivity index is 1.69. The molecule has 1 aromatic rings. The summed E-state index contributed by atoms with van der Waals surface area (Å²) in [6, 6.07) is 2.55. The number of hydrogen-bond donors (Lipinski definition) is 2. The Bertz CT molecular complexity index is 1730. The Morgan fingerprint density at radius 1 is 1.19 bits per heavy atom. The fourth-order valence-electron chi connectivity index (χ4n) is 7.71. The lowest BCUT2D eigenvalue weighted by molar-refractivity contribution is -0.162. The second-order valence-corrected chi connectivity index (χ2v) is 18.9. The maximum absolute atomic E-state index is 14.3. The number of hydrogen-bond acceptors (Lipinski definition) is 14. The summed E-state index contributed by atoms with van der Waals surface area (Å²) < 4.78 is 39.9. The van der Waals surface area contributed by atoms with E-state index in [2.05, 4.69) is 5.32 Å². The number of rotatable bonds is 14. The lowest BCUT2D eigenvalue weighted by atomic mass is 9.83. The Kier molecular flexibility index (Phi) is 17.1. The number of likely N-dealkylation sites (N-methyl/N-ethyl adjacent to an activating group) is 1. The molecule has 8 atom stereocenters. The van der Waals surface area contributed by atoms with Gasteiger partial charge in [-0.2, -0.15) is 0 Å². The molecule has 2 saturated heterocycles. The van der Waals surface area contributed by atoms with Crippen LogP contribution in [0.5, 0.6) is 5.75 Å². The Labute approximate surface area is 360 Å². The van der Waals surface area contributed by atoms with Gasteiger partial charge in [0.05, 0.1) is 43.3 Å². The number of aliphatic hydroxyl groups is 1. The van der Waals surface area contributed by atoms with E-state index in [-0.39, 0.29) is 30.2 Å². The molecule has 1 aromatic carbocycles. The van der Waals surface area contributed by atoms with E-state index in [4.69, 9.17) is 44.8 Å². The van der Waals surface area contributed by atoms with Crippen molar-refractivity contribution in [3.05, 3.63) is 46.5 Å². The first-order valence-electron chi connectivity index (χ1n) is 19.4. The number of allylic oxidation sites excluding steroid dienone is 3. The van der Waals surface area contributed by atoms with Gasteiger partial charge in [-0.3, -0.25) is 14.9 Å². The first-order valence-corrected chi connectivity index (χ1v) is 22.3. The number of carbonyl (C=O) groups excluding carboxylic acids is 4. The van der Waals surface area contributed by atoms with Crippen molar-refractivity contribution in [2.24, 2.45) is 5.92 Å². The summed E-state index contributed by atoms with van der Waals surface area (Å²) in [5.74, 6) is -1.66. The largest absolute Gasteiger partial charge is 0.495 e. The molecule has 0 aromatic heterocycles. The number of epoxide rings is 1. The van der Waals surface area contributed by atoms with Crippen molar-refractivity contribution in [1.29, 1.82) is 0 Å². The molecule has 18 heteroatoms. The summed E-state index contributed by atoms with van der Waals surface area (Å²) in [5, 5.41) is 14.5. The van der Waals surface area contributed by atoms with Crippen LogP contribution in [0.15, 0.2) is 35.9 Å². The van der Waals surface area contributed by atoms with Gasteiger partial charge < -0.3 is 48.1 Å². The molecule has 3 heterocycles. The van der Waals surface area contributed by atoms with Gasteiger partial charge in [-0.25, -0.2) is 9.59 Å². The molecule has 15 nitrogen and oxygen atoms in total. The maximum Gasteiger partial charge on any atom is 0.409 e. The van der Waals surface area contributed by atoms with Crippen molar-refractivity contribution in [1.82, 2.24) is 10.2 Å². The molecule has 0 unspecified atom stereocenters. The average Bonchev–Trinajstić information content (AvgIpc) is 3.89. The number of fused-ring (bicyclic) bond motifs is 5. The summed E-state index contributed by atoms with van der Waals surface area (Å²) in [6.45, 7) is 7.73. The van der Waals surface area contributed by atoms with E-state index >= 15 is 0 Å². The van der Waals surface area contributed by atoms with Crippen LogP contribution in [-0.2, 0) is 49.2 Å². The van der Waals surface area contributed by atoms with Crippen molar-refractivity contribution in [2.45, 2.75) is 106 Å². The molecule has 3 aliphatic heterocycles. The fourth-order valence-corrected chi connectivity index (χ4v) is 10.5. The summed E-state index contributed by atoms with van der Waals surface area (Å²) in [7, 11) is 12.3. The zero-order valence-electron chi connectivity index (χ0n) is 35.8. The Morgan fingerprint density at radius 3 is 2.47 bits per heavy atom. The van der Waals surface area contributed by atoms with Crippen molar-refractivity contribution in [3.63, 3.8) is 0 Å². The number of ether oxygens (including phenoxy) is 7. The highest BCUT2D eigenvalue weighted by molar-refractivity contribution is 8.77. The first-order chi connectivity index (χ1) is 27.8. The van der Waals surface area contributed by atoms with Crippen LogP contribution in [0.25, 0.3) is 0 Å². The van der Waals surface area contributed by atoms with E-state index < -0.39 is 70.4 Å². The Morgan fingerprint density at radius 2 is 1.86 bits per heavy atom. The monoisotopic (exact) mass is 885 g/mol. The van der Waals surface area contributed by atoms with E-state index in [9.17, 15) is 24.3 Å². The second-order valence-electron chi connectivity index (χ2n) is 15.7. The molecule has 2 N–H and O–H groups in total. The zero-order valence-corrected chi connectivity index (χ0v) is 38.2. The molecule has 0 radical (unpaired) electrons. The van der Waals surface area contributed by atoms with Gasteiger partial charge >= 0.3 is 12.1 Å². The highest BCUT2D eigenvalue weighted by atomic mass is 35.5. The minimum absolute atomic E-state index is 0.0624. The molecule has 4 rings (SSSR count). The fraction of sp³-hybridized carbons (Fsp3) is 0.659. The van der Waals surface area contributed by atoms with Gasteiger partial charge in [0.25, 0.3) is 0 Å². The minimum atomic E-state index is -1.84. The third-order valence-corrected chi connectivity index (χ3v) is 14.3. The third kappa shape index (κ3) is 11.5. The van der Waals surface area contributed by atoms with Crippen LogP contribution < -0.4 is 15.0 Å². The molecule has 0 aliphatic carbocycles. The molecule has 3 aliphatic rings. The number of nitrogens with zero attached hydrogens (tertiary/aromatic N) is 2. The van der Waals surface area contributed by atoms with Crippen molar-refractivity contribution < 1.29 is 57.4 Å². The van der Waals surface area contributed by atoms with Gasteiger partial charge in [-0.1, -0.05) is 63.9 Å². The van der Waals surface area contributed by atoms with Crippen molar-refractivity contribution in [2.75, 3.05) is 66.9 Å². The number of amides is 3. The van der Waals surface area contributed by atoms with Gasteiger partial charge in [0.2, 0.25) is 11.8 Å². The van der Waals surface area contributed by atoms with E-state index in [0.717, 1.165) is 11.1 Å². The predicted octanol–water partition coefficient (Wildman–Crippen LogP) is 5.34. The summed E-state index contributed by atoms with van der Waals surface area (Å²) in [6.07, 6.45) is 3.29. The minimum Gasteiger partial charge on any atom is -0.495 e.